The van der Waals surface area contributed by atoms with E-state index in [4.69, 9.17) is 5.11 Å². The van der Waals surface area contributed by atoms with Crippen molar-refractivity contribution in [1.29, 1.82) is 0 Å². The Labute approximate surface area is 179 Å². The molecule has 4 nitrogen and oxygen atoms in total. The zero-order valence-corrected chi connectivity index (χ0v) is 17.8. The standard InChI is InChI=1S/C26H32N2O2/c1-19(17-21-5-3-2-4-6-21)24-18-25(24)27-23-12-15-28(16-13-23)14-11-20-7-9-22(10-8-20)26(29)30/h2-10,17,23-25,27H,11-16,18H2,1H3,(H,29,30). The van der Waals surface area contributed by atoms with E-state index in [-0.39, 0.29) is 0 Å². The molecule has 1 aliphatic carbocycles. The molecule has 0 spiro atoms. The first-order valence-electron chi connectivity index (χ1n) is 11.1. The van der Waals surface area contributed by atoms with Gasteiger partial charge in [-0.3, -0.25) is 0 Å². The minimum Gasteiger partial charge on any atom is -0.478 e. The van der Waals surface area contributed by atoms with Crippen LogP contribution in [0.25, 0.3) is 6.08 Å². The van der Waals surface area contributed by atoms with Gasteiger partial charge in [0.1, 0.15) is 0 Å². The summed E-state index contributed by atoms with van der Waals surface area (Å²) < 4.78 is 0. The third-order valence-corrected chi connectivity index (χ3v) is 6.52. The number of rotatable bonds is 8. The minimum atomic E-state index is -0.861. The fourth-order valence-corrected chi connectivity index (χ4v) is 4.53. The predicted molar refractivity (Wildman–Crippen MR) is 122 cm³/mol. The molecule has 158 valence electrons. The second kappa shape index (κ2) is 9.59. The van der Waals surface area contributed by atoms with E-state index in [9.17, 15) is 4.79 Å². The van der Waals surface area contributed by atoms with Crippen LogP contribution < -0.4 is 5.32 Å². The zero-order valence-electron chi connectivity index (χ0n) is 17.8. The van der Waals surface area contributed by atoms with Gasteiger partial charge in [0.2, 0.25) is 0 Å². The average molecular weight is 405 g/mol. The number of aromatic carboxylic acids is 1. The number of nitrogens with one attached hydrogen (secondary N) is 1. The number of likely N-dealkylation sites (tertiary alicyclic amines) is 1. The van der Waals surface area contributed by atoms with Gasteiger partial charge in [-0.15, -0.1) is 0 Å². The molecule has 2 atom stereocenters. The Kier molecular flexibility index (Phi) is 6.66. The maximum absolute atomic E-state index is 11.0. The van der Waals surface area contributed by atoms with Gasteiger partial charge in [-0.1, -0.05) is 54.1 Å². The van der Waals surface area contributed by atoms with Crippen molar-refractivity contribution < 1.29 is 9.90 Å². The molecule has 2 aliphatic rings. The normalized spacial score (nSPS) is 22.8. The third kappa shape index (κ3) is 5.59. The van der Waals surface area contributed by atoms with Gasteiger partial charge in [-0.2, -0.15) is 0 Å². The third-order valence-electron chi connectivity index (χ3n) is 6.52. The van der Waals surface area contributed by atoms with Crippen LogP contribution in [-0.4, -0.2) is 47.7 Å². The number of piperidine rings is 1. The van der Waals surface area contributed by atoms with Crippen LogP contribution in [0.4, 0.5) is 0 Å². The van der Waals surface area contributed by atoms with Gasteiger partial charge in [-0.05, 0) is 74.9 Å². The molecule has 1 saturated carbocycles. The van der Waals surface area contributed by atoms with Crippen molar-refractivity contribution in [1.82, 2.24) is 10.2 Å². The number of carbonyl (C=O) groups is 1. The number of hydrogen-bond acceptors (Lipinski definition) is 3. The highest BCUT2D eigenvalue weighted by Gasteiger charge is 2.39. The first-order chi connectivity index (χ1) is 14.6. The van der Waals surface area contributed by atoms with Crippen molar-refractivity contribution in [2.75, 3.05) is 19.6 Å². The smallest absolute Gasteiger partial charge is 0.335 e. The lowest BCUT2D eigenvalue weighted by molar-refractivity contribution is 0.0697. The van der Waals surface area contributed by atoms with Crippen molar-refractivity contribution in [3.8, 4) is 0 Å². The minimum absolute atomic E-state index is 0.359. The Morgan fingerprint density at radius 3 is 2.47 bits per heavy atom. The van der Waals surface area contributed by atoms with Crippen LogP contribution in [0.3, 0.4) is 0 Å². The molecule has 30 heavy (non-hydrogen) atoms. The largest absolute Gasteiger partial charge is 0.478 e. The Hall–Kier alpha value is -2.43. The van der Waals surface area contributed by atoms with Crippen molar-refractivity contribution in [3.63, 3.8) is 0 Å². The summed E-state index contributed by atoms with van der Waals surface area (Å²) in [4.78, 5) is 13.5. The average Bonchev–Trinajstić information content (AvgIpc) is 3.53. The van der Waals surface area contributed by atoms with Gasteiger partial charge >= 0.3 is 5.97 Å². The number of carboxylic acid groups (broad SMARTS) is 1. The lowest BCUT2D eigenvalue weighted by Crippen LogP contribution is -2.44. The molecule has 1 saturated heterocycles. The number of carboxylic acids is 1. The van der Waals surface area contributed by atoms with Crippen molar-refractivity contribution in [3.05, 3.63) is 76.9 Å². The van der Waals surface area contributed by atoms with Crippen LogP contribution in [0.5, 0.6) is 0 Å². The highest BCUT2D eigenvalue weighted by atomic mass is 16.4. The molecule has 2 fully saturated rings. The topological polar surface area (TPSA) is 52.6 Å². The first kappa shape index (κ1) is 20.8. The summed E-state index contributed by atoms with van der Waals surface area (Å²) in [6.07, 6.45) is 7.00. The van der Waals surface area contributed by atoms with Gasteiger partial charge in [0.25, 0.3) is 0 Å². The summed E-state index contributed by atoms with van der Waals surface area (Å²) in [7, 11) is 0. The van der Waals surface area contributed by atoms with Crippen LogP contribution >= 0.6 is 0 Å². The second-order valence-electron chi connectivity index (χ2n) is 8.78. The lowest BCUT2D eigenvalue weighted by atomic mass is 10.0. The van der Waals surface area contributed by atoms with Crippen LogP contribution in [0.15, 0.2) is 60.2 Å². The van der Waals surface area contributed by atoms with Gasteiger partial charge < -0.3 is 15.3 Å². The van der Waals surface area contributed by atoms with Crippen LogP contribution in [-0.2, 0) is 6.42 Å². The van der Waals surface area contributed by atoms with Gasteiger partial charge in [-0.25, -0.2) is 4.79 Å². The molecule has 1 heterocycles. The molecule has 0 bridgehead atoms. The van der Waals surface area contributed by atoms with Gasteiger partial charge in [0.15, 0.2) is 0 Å². The monoisotopic (exact) mass is 404 g/mol. The number of benzene rings is 2. The molecule has 2 N–H and O–H groups in total. The summed E-state index contributed by atoms with van der Waals surface area (Å²) in [6, 6.07) is 19.2. The Balaban J connectivity index is 1.17. The van der Waals surface area contributed by atoms with E-state index in [0.717, 1.165) is 26.1 Å². The van der Waals surface area contributed by atoms with E-state index in [1.807, 2.05) is 12.1 Å². The van der Waals surface area contributed by atoms with Crippen LogP contribution in [0, 0.1) is 5.92 Å². The number of nitrogens with zero attached hydrogens (tertiary/aromatic N) is 1. The molecule has 0 aromatic heterocycles. The molecule has 1 aliphatic heterocycles. The van der Waals surface area contributed by atoms with Crippen molar-refractivity contribution >= 4 is 12.0 Å². The fourth-order valence-electron chi connectivity index (χ4n) is 4.53. The summed E-state index contributed by atoms with van der Waals surface area (Å²) in [6.45, 7) is 5.59. The molecular formula is C26H32N2O2. The predicted octanol–water partition coefficient (Wildman–Crippen LogP) is 4.47. The molecule has 0 radical (unpaired) electrons. The first-order valence-corrected chi connectivity index (χ1v) is 11.1. The number of hydrogen-bond donors (Lipinski definition) is 2. The molecule has 2 unspecified atom stereocenters. The lowest BCUT2D eigenvalue weighted by Gasteiger charge is -2.32. The van der Waals surface area contributed by atoms with Crippen LogP contribution in [0.2, 0.25) is 0 Å². The maximum atomic E-state index is 11.0. The van der Waals surface area contributed by atoms with Gasteiger partial charge in [0, 0.05) is 18.6 Å². The Morgan fingerprint density at radius 1 is 1.10 bits per heavy atom. The summed E-state index contributed by atoms with van der Waals surface area (Å²) >= 11 is 0. The fraction of sp³-hybridized carbons (Fsp3) is 0.423. The van der Waals surface area contributed by atoms with E-state index in [1.165, 1.54) is 36.0 Å². The highest BCUT2D eigenvalue weighted by molar-refractivity contribution is 5.87. The summed E-state index contributed by atoms with van der Waals surface area (Å²) in [5.41, 5.74) is 4.36. The summed E-state index contributed by atoms with van der Waals surface area (Å²) in [5, 5.41) is 12.9. The second-order valence-corrected chi connectivity index (χ2v) is 8.78. The maximum Gasteiger partial charge on any atom is 0.335 e. The molecule has 0 amide bonds. The van der Waals surface area contributed by atoms with E-state index in [2.05, 4.69) is 53.5 Å². The van der Waals surface area contributed by atoms with Crippen molar-refractivity contribution in [2.45, 2.75) is 44.7 Å². The van der Waals surface area contributed by atoms with Crippen molar-refractivity contribution in [2.24, 2.45) is 5.92 Å². The SMILES string of the molecule is CC(=Cc1ccccc1)C1CC1NC1CCN(CCc2ccc(C(=O)O)cc2)CC1. The van der Waals surface area contributed by atoms with E-state index < -0.39 is 5.97 Å². The Bertz CT molecular complexity index is 868. The van der Waals surface area contributed by atoms with E-state index in [1.54, 1.807) is 12.1 Å². The quantitative estimate of drug-likeness (QED) is 0.681. The Morgan fingerprint density at radius 2 is 1.80 bits per heavy atom. The van der Waals surface area contributed by atoms with E-state index >= 15 is 0 Å². The highest BCUT2D eigenvalue weighted by Crippen LogP contribution is 2.38. The zero-order chi connectivity index (χ0) is 20.9. The van der Waals surface area contributed by atoms with E-state index in [0.29, 0.717) is 23.6 Å². The van der Waals surface area contributed by atoms with Gasteiger partial charge in [0.05, 0.1) is 5.56 Å². The van der Waals surface area contributed by atoms with Crippen LogP contribution in [0.1, 0.15) is 47.7 Å². The molecule has 2 aromatic carbocycles. The molecule has 4 rings (SSSR count). The molecule has 2 aromatic rings. The summed E-state index contributed by atoms with van der Waals surface area (Å²) in [5.74, 6) is -0.170. The molecule has 4 heteroatoms. The molecular weight excluding hydrogens is 372 g/mol.